The van der Waals surface area contributed by atoms with Gasteiger partial charge in [0.15, 0.2) is 5.84 Å². The Labute approximate surface area is 97.2 Å². The summed E-state index contributed by atoms with van der Waals surface area (Å²) in [5, 5.41) is 11.3. The molecule has 1 heterocycles. The van der Waals surface area contributed by atoms with Crippen molar-refractivity contribution in [3.05, 3.63) is 54.0 Å². The second-order valence-electron chi connectivity index (χ2n) is 3.41. The lowest BCUT2D eigenvalue weighted by molar-refractivity contribution is 0.318. The highest BCUT2D eigenvalue weighted by molar-refractivity contribution is 5.95. The molecular weight excluding hydrogens is 221 g/mol. The number of nitrogens with two attached hydrogens (primary N) is 1. The molecule has 17 heavy (non-hydrogen) atoms. The fourth-order valence-corrected chi connectivity index (χ4v) is 1.44. The minimum atomic E-state index is -0.486. The molecule has 0 saturated heterocycles. The fourth-order valence-electron chi connectivity index (χ4n) is 1.44. The van der Waals surface area contributed by atoms with Crippen LogP contribution in [0.3, 0.4) is 0 Å². The van der Waals surface area contributed by atoms with E-state index in [4.69, 9.17) is 10.9 Å². The first-order chi connectivity index (χ1) is 8.20. The number of amidine groups is 1. The summed E-state index contributed by atoms with van der Waals surface area (Å²) in [5.74, 6) is -0.706. The maximum atomic E-state index is 13.4. The van der Waals surface area contributed by atoms with E-state index in [1.807, 2.05) is 18.2 Å². The van der Waals surface area contributed by atoms with Gasteiger partial charge in [0.1, 0.15) is 11.5 Å². The molecule has 0 amide bonds. The molecule has 0 fully saturated rings. The molecule has 0 saturated carbocycles. The summed E-state index contributed by atoms with van der Waals surface area (Å²) < 4.78 is 13.4. The number of hydrogen-bond acceptors (Lipinski definition) is 3. The first kappa shape index (κ1) is 11.1. The number of oxime groups is 1. The highest BCUT2D eigenvalue weighted by atomic mass is 19.1. The average molecular weight is 231 g/mol. The topological polar surface area (TPSA) is 71.5 Å². The van der Waals surface area contributed by atoms with Crippen LogP contribution in [0, 0.1) is 5.82 Å². The normalized spacial score (nSPS) is 11.5. The largest absolute Gasteiger partial charge is 0.409 e. The van der Waals surface area contributed by atoms with Crippen molar-refractivity contribution in [3.8, 4) is 11.3 Å². The Morgan fingerprint density at radius 1 is 1.24 bits per heavy atom. The number of aromatic nitrogens is 1. The zero-order chi connectivity index (χ0) is 12.3. The van der Waals surface area contributed by atoms with Crippen molar-refractivity contribution >= 4 is 5.84 Å². The van der Waals surface area contributed by atoms with Crippen molar-refractivity contribution < 1.29 is 9.60 Å². The van der Waals surface area contributed by atoms with Crippen molar-refractivity contribution in [3.63, 3.8) is 0 Å². The number of benzene rings is 1. The first-order valence-corrected chi connectivity index (χ1v) is 4.91. The molecule has 0 spiro atoms. The third kappa shape index (κ3) is 2.39. The Hall–Kier alpha value is -2.43. The molecule has 1 aromatic heterocycles. The Bertz CT molecular complexity index is 555. The summed E-state index contributed by atoms with van der Waals surface area (Å²) in [4.78, 5) is 4.12. The van der Waals surface area contributed by atoms with Gasteiger partial charge in [0, 0.05) is 17.7 Å². The summed E-state index contributed by atoms with van der Waals surface area (Å²) in [6.45, 7) is 0. The molecule has 1 aromatic carbocycles. The van der Waals surface area contributed by atoms with Crippen LogP contribution >= 0.6 is 0 Å². The van der Waals surface area contributed by atoms with Crippen molar-refractivity contribution in [2.45, 2.75) is 0 Å². The van der Waals surface area contributed by atoms with Gasteiger partial charge in [0.25, 0.3) is 0 Å². The van der Waals surface area contributed by atoms with E-state index in [2.05, 4.69) is 10.1 Å². The van der Waals surface area contributed by atoms with Gasteiger partial charge >= 0.3 is 0 Å². The highest BCUT2D eigenvalue weighted by Gasteiger charge is 2.07. The standard InChI is InChI=1S/C12H10FN3O/c13-9-6-10(8-4-2-1-3-5-8)15-11(7-9)12(14)16-17/h1-7,17H,(H2,14,16). The summed E-state index contributed by atoms with van der Waals surface area (Å²) in [5.41, 5.74) is 6.68. The molecule has 0 aliphatic rings. The zero-order valence-electron chi connectivity index (χ0n) is 8.84. The molecular formula is C12H10FN3O. The molecule has 2 aromatic rings. The van der Waals surface area contributed by atoms with Crippen molar-refractivity contribution in [1.29, 1.82) is 0 Å². The molecule has 5 heteroatoms. The van der Waals surface area contributed by atoms with Crippen molar-refractivity contribution in [2.75, 3.05) is 0 Å². The molecule has 4 nitrogen and oxygen atoms in total. The van der Waals surface area contributed by atoms with E-state index in [1.54, 1.807) is 12.1 Å². The lowest BCUT2D eigenvalue weighted by Gasteiger charge is -2.04. The summed E-state index contributed by atoms with van der Waals surface area (Å²) in [7, 11) is 0. The van der Waals surface area contributed by atoms with Gasteiger partial charge in [-0.25, -0.2) is 9.37 Å². The SMILES string of the molecule is N/C(=N\O)c1cc(F)cc(-c2ccccc2)n1. The van der Waals surface area contributed by atoms with Crippen LogP contribution in [0.1, 0.15) is 5.69 Å². The number of rotatable bonds is 2. The minimum Gasteiger partial charge on any atom is -0.409 e. The van der Waals surface area contributed by atoms with Gasteiger partial charge in [0.05, 0.1) is 5.69 Å². The van der Waals surface area contributed by atoms with E-state index >= 15 is 0 Å². The zero-order valence-corrected chi connectivity index (χ0v) is 8.84. The van der Waals surface area contributed by atoms with E-state index in [0.29, 0.717) is 5.69 Å². The molecule has 3 N–H and O–H groups in total. The monoisotopic (exact) mass is 231 g/mol. The van der Waals surface area contributed by atoms with E-state index in [1.165, 1.54) is 6.07 Å². The summed E-state index contributed by atoms with van der Waals surface area (Å²) in [6.07, 6.45) is 0. The Balaban J connectivity index is 2.53. The van der Waals surface area contributed by atoms with Gasteiger partial charge in [0.2, 0.25) is 0 Å². The number of nitrogens with zero attached hydrogens (tertiary/aromatic N) is 2. The maximum Gasteiger partial charge on any atom is 0.188 e. The first-order valence-electron chi connectivity index (χ1n) is 4.91. The molecule has 0 radical (unpaired) electrons. The van der Waals surface area contributed by atoms with Gasteiger partial charge in [-0.05, 0) is 0 Å². The van der Waals surface area contributed by atoms with Gasteiger partial charge in [-0.2, -0.15) is 0 Å². The van der Waals surface area contributed by atoms with E-state index in [-0.39, 0.29) is 11.5 Å². The fraction of sp³-hybridized carbons (Fsp3) is 0. The molecule has 0 aliphatic heterocycles. The molecule has 2 rings (SSSR count). The smallest absolute Gasteiger partial charge is 0.188 e. The van der Waals surface area contributed by atoms with Gasteiger partial charge in [-0.15, -0.1) is 0 Å². The van der Waals surface area contributed by atoms with Crippen molar-refractivity contribution in [1.82, 2.24) is 4.98 Å². The van der Waals surface area contributed by atoms with Gasteiger partial charge < -0.3 is 10.9 Å². The maximum absolute atomic E-state index is 13.4. The van der Waals surface area contributed by atoms with Crippen LogP contribution in [0.15, 0.2) is 47.6 Å². The summed E-state index contributed by atoms with van der Waals surface area (Å²) >= 11 is 0. The Morgan fingerprint density at radius 2 is 1.94 bits per heavy atom. The molecule has 0 unspecified atom stereocenters. The number of halogens is 1. The van der Waals surface area contributed by atoms with Crippen molar-refractivity contribution in [2.24, 2.45) is 10.9 Å². The predicted molar refractivity (Wildman–Crippen MR) is 62.1 cm³/mol. The Morgan fingerprint density at radius 3 is 2.59 bits per heavy atom. The van der Waals surface area contributed by atoms with E-state index in [9.17, 15) is 4.39 Å². The lowest BCUT2D eigenvalue weighted by Crippen LogP contribution is -2.15. The van der Waals surface area contributed by atoms with Crippen LogP contribution in [-0.2, 0) is 0 Å². The minimum absolute atomic E-state index is 0.103. The second-order valence-corrected chi connectivity index (χ2v) is 3.41. The van der Waals surface area contributed by atoms with Crippen LogP contribution in [0.2, 0.25) is 0 Å². The summed E-state index contributed by atoms with van der Waals surface area (Å²) in [6, 6.07) is 11.5. The lowest BCUT2D eigenvalue weighted by atomic mass is 10.1. The predicted octanol–water partition coefficient (Wildman–Crippen LogP) is 1.98. The van der Waals surface area contributed by atoms with Crippen LogP contribution < -0.4 is 5.73 Å². The second kappa shape index (κ2) is 4.61. The highest BCUT2D eigenvalue weighted by Crippen LogP contribution is 2.18. The third-order valence-corrected chi connectivity index (χ3v) is 2.23. The van der Waals surface area contributed by atoms with Crippen LogP contribution in [0.4, 0.5) is 4.39 Å². The Kier molecular flexibility index (Phi) is 3.00. The van der Waals surface area contributed by atoms with Gasteiger partial charge in [-0.3, -0.25) is 0 Å². The van der Waals surface area contributed by atoms with Crippen LogP contribution in [-0.4, -0.2) is 16.0 Å². The molecule has 0 bridgehead atoms. The number of pyridine rings is 1. The van der Waals surface area contributed by atoms with Crippen LogP contribution in [0.5, 0.6) is 0 Å². The van der Waals surface area contributed by atoms with E-state index in [0.717, 1.165) is 11.6 Å². The van der Waals surface area contributed by atoms with Gasteiger partial charge in [-0.1, -0.05) is 35.5 Å². The molecule has 0 aliphatic carbocycles. The quantitative estimate of drug-likeness (QED) is 0.359. The number of hydrogen-bond donors (Lipinski definition) is 2. The average Bonchev–Trinajstić information content (AvgIpc) is 2.38. The molecule has 86 valence electrons. The van der Waals surface area contributed by atoms with E-state index < -0.39 is 5.82 Å². The third-order valence-electron chi connectivity index (χ3n) is 2.23. The van der Waals surface area contributed by atoms with Crippen LogP contribution in [0.25, 0.3) is 11.3 Å². The molecule has 0 atom stereocenters.